The Morgan fingerprint density at radius 2 is 2.06 bits per heavy atom. The lowest BCUT2D eigenvalue weighted by Crippen LogP contribution is -2.05. The van der Waals surface area contributed by atoms with Gasteiger partial charge in [0.05, 0.1) is 10.7 Å². The van der Waals surface area contributed by atoms with Crippen LogP contribution in [0.2, 0.25) is 0 Å². The van der Waals surface area contributed by atoms with Crippen LogP contribution in [0.25, 0.3) is 0 Å². The Bertz CT molecular complexity index is 480. The number of hydrogen-bond donors (Lipinski definition) is 0. The van der Waals surface area contributed by atoms with Crippen LogP contribution in [0.1, 0.15) is 22.2 Å². The number of nitrogens with zero attached hydrogens (tertiary/aromatic N) is 1. The Hall–Kier alpha value is -0.380. The molecule has 0 N–H and O–H groups in total. The van der Waals surface area contributed by atoms with Gasteiger partial charge in [-0.05, 0) is 31.0 Å². The molecule has 2 aromatic rings. The van der Waals surface area contributed by atoms with Crippen molar-refractivity contribution in [1.29, 1.82) is 0 Å². The van der Waals surface area contributed by atoms with Crippen molar-refractivity contribution in [2.75, 3.05) is 5.88 Å². The molecule has 90 valence electrons. The number of rotatable bonds is 4. The standard InChI is InChI=1S/C13H13BrClNS/c1-9-16-13(8-17-9)6-11(7-15)10-2-4-12(14)5-3-10/h2-5,8,11H,6-7H2,1H3. The van der Waals surface area contributed by atoms with E-state index in [1.165, 1.54) is 5.56 Å². The van der Waals surface area contributed by atoms with Gasteiger partial charge in [-0.15, -0.1) is 22.9 Å². The molecule has 0 saturated heterocycles. The summed E-state index contributed by atoms with van der Waals surface area (Å²) in [7, 11) is 0. The molecule has 4 heteroatoms. The fourth-order valence-electron chi connectivity index (χ4n) is 1.75. The summed E-state index contributed by atoms with van der Waals surface area (Å²) in [6.07, 6.45) is 0.912. The Balaban J connectivity index is 2.13. The number of halogens is 2. The van der Waals surface area contributed by atoms with E-state index >= 15 is 0 Å². The zero-order chi connectivity index (χ0) is 12.3. The third kappa shape index (κ3) is 3.54. The van der Waals surface area contributed by atoms with Crippen molar-refractivity contribution in [2.45, 2.75) is 19.3 Å². The second-order valence-electron chi connectivity index (χ2n) is 3.96. The molecular weight excluding hydrogens is 318 g/mol. The predicted molar refractivity (Wildman–Crippen MR) is 78.2 cm³/mol. The topological polar surface area (TPSA) is 12.9 Å². The molecule has 1 aromatic carbocycles. The van der Waals surface area contributed by atoms with Gasteiger partial charge >= 0.3 is 0 Å². The lowest BCUT2D eigenvalue weighted by Gasteiger charge is -2.12. The highest BCUT2D eigenvalue weighted by Crippen LogP contribution is 2.24. The summed E-state index contributed by atoms with van der Waals surface area (Å²) in [6.45, 7) is 2.03. The maximum Gasteiger partial charge on any atom is 0.0897 e. The van der Waals surface area contributed by atoms with Crippen LogP contribution < -0.4 is 0 Å². The number of thiazole rings is 1. The Labute approximate surface area is 119 Å². The smallest absolute Gasteiger partial charge is 0.0897 e. The molecule has 0 fully saturated rings. The lowest BCUT2D eigenvalue weighted by molar-refractivity contribution is 0.750. The maximum atomic E-state index is 6.06. The first-order chi connectivity index (χ1) is 8.19. The fourth-order valence-corrected chi connectivity index (χ4v) is 2.93. The van der Waals surface area contributed by atoms with Gasteiger partial charge in [0.2, 0.25) is 0 Å². The highest BCUT2D eigenvalue weighted by atomic mass is 79.9. The first-order valence-corrected chi connectivity index (χ1v) is 7.62. The van der Waals surface area contributed by atoms with Crippen molar-refractivity contribution in [3.63, 3.8) is 0 Å². The van der Waals surface area contributed by atoms with Crippen LogP contribution >= 0.6 is 38.9 Å². The van der Waals surface area contributed by atoms with E-state index in [0.29, 0.717) is 11.8 Å². The second-order valence-corrected chi connectivity index (χ2v) is 6.25. The van der Waals surface area contributed by atoms with Crippen molar-refractivity contribution >= 4 is 38.9 Å². The van der Waals surface area contributed by atoms with Crippen LogP contribution in [-0.4, -0.2) is 10.9 Å². The molecule has 0 aliphatic carbocycles. The van der Waals surface area contributed by atoms with Gasteiger partial charge in [0.1, 0.15) is 0 Å². The van der Waals surface area contributed by atoms with Gasteiger partial charge in [0, 0.05) is 21.7 Å². The molecule has 0 bridgehead atoms. The van der Waals surface area contributed by atoms with Crippen LogP contribution in [0.5, 0.6) is 0 Å². The Morgan fingerprint density at radius 1 is 1.35 bits per heavy atom. The number of alkyl halides is 1. The normalized spacial score (nSPS) is 12.6. The minimum atomic E-state index is 0.339. The van der Waals surface area contributed by atoms with Gasteiger partial charge in [0.25, 0.3) is 0 Å². The zero-order valence-electron chi connectivity index (χ0n) is 9.49. The minimum Gasteiger partial charge on any atom is -0.247 e. The third-order valence-electron chi connectivity index (χ3n) is 2.65. The van der Waals surface area contributed by atoms with Crippen LogP contribution in [0, 0.1) is 6.92 Å². The average Bonchev–Trinajstić information content (AvgIpc) is 2.73. The summed E-state index contributed by atoms with van der Waals surface area (Å²) in [4.78, 5) is 4.49. The summed E-state index contributed by atoms with van der Waals surface area (Å²) in [5, 5.41) is 3.23. The zero-order valence-corrected chi connectivity index (χ0v) is 12.6. The van der Waals surface area contributed by atoms with E-state index in [0.717, 1.165) is 21.6 Å². The largest absolute Gasteiger partial charge is 0.247 e. The number of benzene rings is 1. The van der Waals surface area contributed by atoms with E-state index in [9.17, 15) is 0 Å². The van der Waals surface area contributed by atoms with Gasteiger partial charge in [0.15, 0.2) is 0 Å². The van der Waals surface area contributed by atoms with Gasteiger partial charge in [-0.3, -0.25) is 0 Å². The van der Waals surface area contributed by atoms with Crippen LogP contribution in [0.3, 0.4) is 0 Å². The van der Waals surface area contributed by atoms with E-state index in [1.807, 2.05) is 6.92 Å². The highest BCUT2D eigenvalue weighted by Gasteiger charge is 2.12. The quantitative estimate of drug-likeness (QED) is 0.735. The summed E-state index contributed by atoms with van der Waals surface area (Å²) < 4.78 is 1.10. The van der Waals surface area contributed by atoms with Gasteiger partial charge in [-0.1, -0.05) is 28.1 Å². The fraction of sp³-hybridized carbons (Fsp3) is 0.308. The van der Waals surface area contributed by atoms with E-state index < -0.39 is 0 Å². The molecule has 1 aromatic heterocycles. The van der Waals surface area contributed by atoms with Crippen molar-refractivity contribution in [3.05, 3.63) is 50.4 Å². The molecule has 0 radical (unpaired) electrons. The predicted octanol–water partition coefficient (Wildman–Crippen LogP) is 4.78. The summed E-state index contributed by atoms with van der Waals surface area (Å²) in [5.74, 6) is 0.962. The average molecular weight is 331 g/mol. The highest BCUT2D eigenvalue weighted by molar-refractivity contribution is 9.10. The summed E-state index contributed by atoms with van der Waals surface area (Å²) in [5.41, 5.74) is 2.41. The van der Waals surface area contributed by atoms with Crippen molar-refractivity contribution in [1.82, 2.24) is 4.98 Å². The SMILES string of the molecule is Cc1nc(CC(CCl)c2ccc(Br)cc2)cs1. The van der Waals surface area contributed by atoms with Crippen LogP contribution in [0.15, 0.2) is 34.1 Å². The molecule has 17 heavy (non-hydrogen) atoms. The first kappa shape index (κ1) is 13.1. The Kier molecular flexibility index (Phi) is 4.60. The monoisotopic (exact) mass is 329 g/mol. The molecule has 1 nitrogen and oxygen atoms in total. The molecule has 0 spiro atoms. The van der Waals surface area contributed by atoms with Crippen LogP contribution in [0.4, 0.5) is 0 Å². The minimum absolute atomic E-state index is 0.339. The van der Waals surface area contributed by atoms with Crippen molar-refractivity contribution < 1.29 is 0 Å². The lowest BCUT2D eigenvalue weighted by atomic mass is 9.96. The number of aromatic nitrogens is 1. The number of hydrogen-bond acceptors (Lipinski definition) is 2. The molecule has 0 saturated carbocycles. The molecular formula is C13H13BrClNS. The Morgan fingerprint density at radius 3 is 2.59 bits per heavy atom. The van der Waals surface area contributed by atoms with Crippen LogP contribution in [-0.2, 0) is 6.42 Å². The van der Waals surface area contributed by atoms with Crippen molar-refractivity contribution in [3.8, 4) is 0 Å². The summed E-state index contributed by atoms with van der Waals surface area (Å²) >= 11 is 11.2. The van der Waals surface area contributed by atoms with E-state index in [4.69, 9.17) is 11.6 Å². The molecule has 0 amide bonds. The molecule has 1 unspecified atom stereocenters. The third-order valence-corrected chi connectivity index (χ3v) is 4.37. The number of aryl methyl sites for hydroxylation is 1. The van der Waals surface area contributed by atoms with E-state index in [-0.39, 0.29) is 0 Å². The molecule has 0 aliphatic rings. The maximum absolute atomic E-state index is 6.06. The van der Waals surface area contributed by atoms with Gasteiger partial charge in [-0.2, -0.15) is 0 Å². The molecule has 2 rings (SSSR count). The van der Waals surface area contributed by atoms with E-state index in [2.05, 4.69) is 50.6 Å². The molecule has 1 atom stereocenters. The molecule has 0 aliphatic heterocycles. The molecule has 1 heterocycles. The first-order valence-electron chi connectivity index (χ1n) is 5.41. The van der Waals surface area contributed by atoms with Crippen molar-refractivity contribution in [2.24, 2.45) is 0 Å². The summed E-state index contributed by atoms with van der Waals surface area (Å²) in [6, 6.07) is 8.36. The van der Waals surface area contributed by atoms with E-state index in [1.54, 1.807) is 11.3 Å². The second kappa shape index (κ2) is 5.98. The van der Waals surface area contributed by atoms with Gasteiger partial charge < -0.3 is 0 Å². The van der Waals surface area contributed by atoms with Gasteiger partial charge in [-0.25, -0.2) is 4.98 Å².